The minimum absolute atomic E-state index is 0.749. The first-order valence-corrected chi connectivity index (χ1v) is 7.67. The number of hydrogen-bond acceptors (Lipinski definition) is 4. The highest BCUT2D eigenvalue weighted by molar-refractivity contribution is 5.56. The molecule has 2 aromatic carbocycles. The highest BCUT2D eigenvalue weighted by Gasteiger charge is 2.00. The fraction of sp³-hybridized carbons (Fsp3) is 0.333. The molecule has 2 rings (SSSR count). The second kappa shape index (κ2) is 8.82. The molecule has 0 aliphatic carbocycles. The molecule has 118 valence electrons. The van der Waals surface area contributed by atoms with Crippen LogP contribution >= 0.6 is 0 Å². The molecule has 0 heterocycles. The smallest absolute Gasteiger partial charge is 0.141 e. The lowest BCUT2D eigenvalue weighted by molar-refractivity contribution is 0.317. The zero-order chi connectivity index (χ0) is 15.6. The van der Waals surface area contributed by atoms with E-state index in [9.17, 15) is 0 Å². The minimum Gasteiger partial charge on any atom is -0.495 e. The molecule has 4 heteroatoms. The van der Waals surface area contributed by atoms with Gasteiger partial charge in [-0.15, -0.1) is 0 Å². The number of para-hydroxylation sites is 2. The molecule has 0 atom stereocenters. The molecular weight excluding hydrogens is 276 g/mol. The van der Waals surface area contributed by atoms with Crippen molar-refractivity contribution in [1.29, 1.82) is 0 Å². The van der Waals surface area contributed by atoms with E-state index in [0.717, 1.165) is 49.0 Å². The topological polar surface area (TPSA) is 42.5 Å². The lowest BCUT2D eigenvalue weighted by Gasteiger charge is -2.12. The Morgan fingerprint density at radius 2 is 1.77 bits per heavy atom. The molecule has 0 saturated carbocycles. The Balaban J connectivity index is 1.79. The Hall–Kier alpha value is -2.36. The van der Waals surface area contributed by atoms with Crippen LogP contribution < -0.4 is 20.1 Å². The van der Waals surface area contributed by atoms with Crippen LogP contribution in [0.1, 0.15) is 13.3 Å². The quantitative estimate of drug-likeness (QED) is 0.687. The third kappa shape index (κ3) is 4.88. The van der Waals surface area contributed by atoms with Crippen LogP contribution in [0.25, 0.3) is 0 Å². The molecule has 22 heavy (non-hydrogen) atoms. The summed E-state index contributed by atoms with van der Waals surface area (Å²) in [6.45, 7) is 4.47. The minimum atomic E-state index is 0.749. The third-order valence-corrected chi connectivity index (χ3v) is 3.18. The van der Waals surface area contributed by atoms with Crippen LogP contribution in [0, 0.1) is 0 Å². The molecule has 2 N–H and O–H groups in total. The molecule has 0 fully saturated rings. The second-order valence-corrected chi connectivity index (χ2v) is 4.93. The molecule has 0 bridgehead atoms. The Labute approximate surface area is 132 Å². The van der Waals surface area contributed by atoms with E-state index in [-0.39, 0.29) is 0 Å². The Bertz CT molecular complexity index is 573. The van der Waals surface area contributed by atoms with Crippen LogP contribution in [-0.4, -0.2) is 26.8 Å². The van der Waals surface area contributed by atoms with E-state index < -0.39 is 0 Å². The second-order valence-electron chi connectivity index (χ2n) is 4.93. The van der Waals surface area contributed by atoms with Gasteiger partial charge in [0.1, 0.15) is 11.5 Å². The predicted molar refractivity (Wildman–Crippen MR) is 92.2 cm³/mol. The zero-order valence-corrected chi connectivity index (χ0v) is 13.3. The Morgan fingerprint density at radius 1 is 0.955 bits per heavy atom. The molecule has 4 nitrogen and oxygen atoms in total. The average molecular weight is 300 g/mol. The molecule has 0 spiro atoms. The van der Waals surface area contributed by atoms with Crippen molar-refractivity contribution in [3.8, 4) is 11.5 Å². The fourth-order valence-electron chi connectivity index (χ4n) is 2.11. The Morgan fingerprint density at radius 3 is 2.59 bits per heavy atom. The van der Waals surface area contributed by atoms with Crippen LogP contribution in [0.15, 0.2) is 48.5 Å². The standard InChI is InChI=1S/C18H24N2O2/c1-3-13-22-16-8-6-7-15(14-16)19-11-12-20-17-9-4-5-10-18(17)21-2/h4-10,14,19-20H,3,11-13H2,1-2H3. The normalized spacial score (nSPS) is 10.1. The van der Waals surface area contributed by atoms with Gasteiger partial charge >= 0.3 is 0 Å². The van der Waals surface area contributed by atoms with Crippen molar-refractivity contribution in [3.63, 3.8) is 0 Å². The summed E-state index contributed by atoms with van der Waals surface area (Å²) in [6.07, 6.45) is 1.01. The SMILES string of the molecule is CCCOc1cccc(NCCNc2ccccc2OC)c1. The van der Waals surface area contributed by atoms with E-state index in [0.29, 0.717) is 0 Å². The van der Waals surface area contributed by atoms with Crippen molar-refractivity contribution < 1.29 is 9.47 Å². The number of nitrogens with one attached hydrogen (secondary N) is 2. The van der Waals surface area contributed by atoms with Crippen molar-refractivity contribution in [3.05, 3.63) is 48.5 Å². The number of ether oxygens (including phenoxy) is 2. The van der Waals surface area contributed by atoms with Crippen molar-refractivity contribution in [2.24, 2.45) is 0 Å². The molecule has 0 unspecified atom stereocenters. The van der Waals surface area contributed by atoms with E-state index in [4.69, 9.17) is 9.47 Å². The van der Waals surface area contributed by atoms with Gasteiger partial charge in [0.15, 0.2) is 0 Å². The first-order chi connectivity index (χ1) is 10.8. The summed E-state index contributed by atoms with van der Waals surface area (Å²) in [5.41, 5.74) is 2.07. The van der Waals surface area contributed by atoms with E-state index in [1.807, 2.05) is 48.5 Å². The van der Waals surface area contributed by atoms with Crippen LogP contribution in [0.4, 0.5) is 11.4 Å². The lowest BCUT2D eigenvalue weighted by atomic mass is 10.3. The number of rotatable bonds is 9. The van der Waals surface area contributed by atoms with Gasteiger partial charge in [-0.3, -0.25) is 0 Å². The van der Waals surface area contributed by atoms with Gasteiger partial charge in [-0.05, 0) is 30.7 Å². The molecule has 0 saturated heterocycles. The zero-order valence-electron chi connectivity index (χ0n) is 13.3. The number of benzene rings is 2. The van der Waals surface area contributed by atoms with Gasteiger partial charge in [0.2, 0.25) is 0 Å². The highest BCUT2D eigenvalue weighted by atomic mass is 16.5. The molecule has 0 amide bonds. The Kier molecular flexibility index (Phi) is 6.42. The van der Waals surface area contributed by atoms with E-state index in [2.05, 4.69) is 17.6 Å². The van der Waals surface area contributed by atoms with Gasteiger partial charge in [0.05, 0.1) is 19.4 Å². The molecule has 0 radical (unpaired) electrons. The van der Waals surface area contributed by atoms with Crippen molar-refractivity contribution >= 4 is 11.4 Å². The monoisotopic (exact) mass is 300 g/mol. The summed E-state index contributed by atoms with van der Waals surface area (Å²) in [5, 5.41) is 6.75. The van der Waals surface area contributed by atoms with E-state index in [1.54, 1.807) is 7.11 Å². The van der Waals surface area contributed by atoms with Gasteiger partial charge in [-0.2, -0.15) is 0 Å². The number of hydrogen-bond donors (Lipinski definition) is 2. The molecule has 0 aliphatic heterocycles. The number of methoxy groups -OCH3 is 1. The summed E-state index contributed by atoms with van der Waals surface area (Å²) in [7, 11) is 1.68. The van der Waals surface area contributed by atoms with Crippen molar-refractivity contribution in [1.82, 2.24) is 0 Å². The number of anilines is 2. The van der Waals surface area contributed by atoms with E-state index >= 15 is 0 Å². The van der Waals surface area contributed by atoms with Crippen molar-refractivity contribution in [2.75, 3.05) is 37.4 Å². The van der Waals surface area contributed by atoms with Gasteiger partial charge in [-0.25, -0.2) is 0 Å². The first-order valence-electron chi connectivity index (χ1n) is 7.67. The molecule has 0 aromatic heterocycles. The summed E-state index contributed by atoms with van der Waals surface area (Å²) in [4.78, 5) is 0. The molecule has 0 aliphatic rings. The highest BCUT2D eigenvalue weighted by Crippen LogP contribution is 2.22. The fourth-order valence-corrected chi connectivity index (χ4v) is 2.11. The van der Waals surface area contributed by atoms with Gasteiger partial charge in [-0.1, -0.05) is 25.1 Å². The average Bonchev–Trinajstić information content (AvgIpc) is 2.57. The molecular formula is C18H24N2O2. The maximum Gasteiger partial charge on any atom is 0.141 e. The first kappa shape index (κ1) is 16.0. The van der Waals surface area contributed by atoms with Crippen LogP contribution in [0.3, 0.4) is 0 Å². The van der Waals surface area contributed by atoms with Gasteiger partial charge in [0.25, 0.3) is 0 Å². The van der Waals surface area contributed by atoms with Crippen LogP contribution in [0.5, 0.6) is 11.5 Å². The van der Waals surface area contributed by atoms with Crippen LogP contribution in [0.2, 0.25) is 0 Å². The maximum absolute atomic E-state index is 5.63. The summed E-state index contributed by atoms with van der Waals surface area (Å²) >= 11 is 0. The lowest BCUT2D eigenvalue weighted by Crippen LogP contribution is -2.14. The predicted octanol–water partition coefficient (Wildman–Crippen LogP) is 4.01. The van der Waals surface area contributed by atoms with Gasteiger partial charge in [0, 0.05) is 24.8 Å². The summed E-state index contributed by atoms with van der Waals surface area (Å²) < 4.78 is 10.9. The van der Waals surface area contributed by atoms with Crippen LogP contribution in [-0.2, 0) is 0 Å². The van der Waals surface area contributed by atoms with Crippen molar-refractivity contribution in [2.45, 2.75) is 13.3 Å². The largest absolute Gasteiger partial charge is 0.495 e. The summed E-state index contributed by atoms with van der Waals surface area (Å²) in [6, 6.07) is 16.0. The van der Waals surface area contributed by atoms with E-state index in [1.165, 1.54) is 0 Å². The molecule has 2 aromatic rings. The summed E-state index contributed by atoms with van der Waals surface area (Å²) in [5.74, 6) is 1.77. The third-order valence-electron chi connectivity index (χ3n) is 3.18. The maximum atomic E-state index is 5.63. The van der Waals surface area contributed by atoms with Gasteiger partial charge < -0.3 is 20.1 Å².